The quantitative estimate of drug-likeness (QED) is 0.794. The van der Waals surface area contributed by atoms with Gasteiger partial charge in [0.05, 0.1) is 11.1 Å². The molecule has 16 heavy (non-hydrogen) atoms. The minimum Gasteiger partial charge on any atom is -0.389 e. The Labute approximate surface area is 106 Å². The highest BCUT2D eigenvalue weighted by atomic mass is 79.9. The maximum Gasteiger partial charge on any atom is 0.0834 e. The first-order valence-electron chi connectivity index (χ1n) is 5.06. The third-order valence-electron chi connectivity index (χ3n) is 2.66. The van der Waals surface area contributed by atoms with E-state index in [-0.39, 0.29) is 6.10 Å². The van der Waals surface area contributed by atoms with Crippen molar-refractivity contribution in [3.8, 4) is 0 Å². The Balaban J connectivity index is 2.07. The van der Waals surface area contributed by atoms with Gasteiger partial charge in [0.25, 0.3) is 0 Å². The van der Waals surface area contributed by atoms with Crippen LogP contribution >= 0.6 is 27.7 Å². The Morgan fingerprint density at radius 3 is 3.25 bits per heavy atom. The molecule has 1 aliphatic carbocycles. The van der Waals surface area contributed by atoms with Crippen LogP contribution < -0.4 is 0 Å². The minimum atomic E-state index is -0.379. The van der Waals surface area contributed by atoms with Crippen LogP contribution in [0.3, 0.4) is 0 Å². The number of aromatic nitrogens is 1. The van der Waals surface area contributed by atoms with Gasteiger partial charge in [-0.05, 0) is 29.9 Å². The number of allylic oxidation sites excluding steroid dienone is 3. The van der Waals surface area contributed by atoms with E-state index in [0.29, 0.717) is 6.42 Å². The van der Waals surface area contributed by atoms with Crippen LogP contribution in [0, 0.1) is 0 Å². The molecule has 0 saturated heterocycles. The lowest BCUT2D eigenvalue weighted by molar-refractivity contribution is 0.224. The summed E-state index contributed by atoms with van der Waals surface area (Å²) in [6.45, 7) is 0. The fourth-order valence-corrected chi connectivity index (χ4v) is 3.86. The van der Waals surface area contributed by atoms with Gasteiger partial charge in [0.15, 0.2) is 0 Å². The summed E-state index contributed by atoms with van der Waals surface area (Å²) in [6, 6.07) is 4.12. The molecule has 1 aliphatic heterocycles. The van der Waals surface area contributed by atoms with Gasteiger partial charge in [-0.1, -0.05) is 27.7 Å². The largest absolute Gasteiger partial charge is 0.389 e. The number of aliphatic hydroxyl groups excluding tert-OH is 1. The molecule has 0 amide bonds. The monoisotopic (exact) mass is 295 g/mol. The molecule has 1 aromatic heterocycles. The summed E-state index contributed by atoms with van der Waals surface area (Å²) in [4.78, 5) is 1.22. The molecule has 0 radical (unpaired) electrons. The molecule has 3 rings (SSSR count). The number of nitrogens with zero attached hydrogens (tertiary/aromatic N) is 1. The molecule has 0 saturated carbocycles. The summed E-state index contributed by atoms with van der Waals surface area (Å²) in [7, 11) is 0. The van der Waals surface area contributed by atoms with Crippen LogP contribution in [-0.2, 0) is 0 Å². The molecule has 0 fully saturated rings. The standard InChI is InChI=1S/C12H10BrNOS/c13-10-6-8(15)7-11-9(10)3-5-14-4-1-2-12(14)16-11/h1-6,8,15H,7H2. The average molecular weight is 296 g/mol. The van der Waals surface area contributed by atoms with Gasteiger partial charge in [-0.15, -0.1) is 0 Å². The lowest BCUT2D eigenvalue weighted by Gasteiger charge is -2.18. The summed E-state index contributed by atoms with van der Waals surface area (Å²) in [5.74, 6) is 0. The van der Waals surface area contributed by atoms with E-state index in [4.69, 9.17) is 0 Å². The summed E-state index contributed by atoms with van der Waals surface area (Å²) in [6.07, 6.45) is 8.35. The van der Waals surface area contributed by atoms with Crippen molar-refractivity contribution in [2.45, 2.75) is 17.6 Å². The van der Waals surface area contributed by atoms with Crippen LogP contribution in [0.5, 0.6) is 0 Å². The summed E-state index contributed by atoms with van der Waals surface area (Å²) in [5.41, 5.74) is 1.18. The van der Waals surface area contributed by atoms with Crippen molar-refractivity contribution in [1.29, 1.82) is 0 Å². The molecule has 2 nitrogen and oxygen atoms in total. The molecule has 2 heterocycles. The molecule has 0 bridgehead atoms. The highest BCUT2D eigenvalue weighted by Crippen LogP contribution is 2.41. The number of halogens is 1. The summed E-state index contributed by atoms with van der Waals surface area (Å²) in [5, 5.41) is 10.9. The first-order valence-corrected chi connectivity index (χ1v) is 6.67. The zero-order valence-electron chi connectivity index (χ0n) is 8.43. The Morgan fingerprint density at radius 2 is 2.38 bits per heavy atom. The number of rotatable bonds is 0. The maximum absolute atomic E-state index is 9.72. The van der Waals surface area contributed by atoms with Gasteiger partial charge in [-0.3, -0.25) is 0 Å². The number of hydrogen-bond donors (Lipinski definition) is 1. The van der Waals surface area contributed by atoms with Crippen molar-refractivity contribution in [2.75, 3.05) is 0 Å². The van der Waals surface area contributed by atoms with E-state index in [1.165, 1.54) is 15.5 Å². The van der Waals surface area contributed by atoms with E-state index in [1.807, 2.05) is 18.3 Å². The van der Waals surface area contributed by atoms with Gasteiger partial charge in [-0.2, -0.15) is 0 Å². The van der Waals surface area contributed by atoms with Crippen LogP contribution in [0.1, 0.15) is 6.42 Å². The molecule has 0 aromatic carbocycles. The predicted octanol–water partition coefficient (Wildman–Crippen LogP) is 3.36. The van der Waals surface area contributed by atoms with Gasteiger partial charge in [0.2, 0.25) is 0 Å². The van der Waals surface area contributed by atoms with Crippen molar-refractivity contribution in [3.05, 3.63) is 45.4 Å². The van der Waals surface area contributed by atoms with Crippen molar-refractivity contribution in [3.63, 3.8) is 0 Å². The highest BCUT2D eigenvalue weighted by molar-refractivity contribution is 9.12. The Bertz CT molecular complexity index is 527. The number of fused-ring (bicyclic) bond motifs is 1. The third kappa shape index (κ3) is 1.71. The van der Waals surface area contributed by atoms with Crippen LogP contribution in [0.2, 0.25) is 0 Å². The van der Waals surface area contributed by atoms with Crippen molar-refractivity contribution in [2.24, 2.45) is 0 Å². The smallest absolute Gasteiger partial charge is 0.0834 e. The zero-order valence-corrected chi connectivity index (χ0v) is 10.8. The van der Waals surface area contributed by atoms with Gasteiger partial charge < -0.3 is 9.67 Å². The summed E-state index contributed by atoms with van der Waals surface area (Å²) < 4.78 is 3.08. The second-order valence-corrected chi connectivity index (χ2v) is 5.76. The van der Waals surface area contributed by atoms with E-state index in [9.17, 15) is 5.11 Å². The van der Waals surface area contributed by atoms with Crippen molar-refractivity contribution < 1.29 is 5.11 Å². The lowest BCUT2D eigenvalue weighted by atomic mass is 10.0. The topological polar surface area (TPSA) is 25.2 Å². The average Bonchev–Trinajstić information content (AvgIpc) is 2.57. The maximum atomic E-state index is 9.72. The Kier molecular flexibility index (Phi) is 2.58. The SMILES string of the molecule is OC1C=C(Br)C2=C(C1)Sc1cccn1C=C2. The van der Waals surface area contributed by atoms with Crippen molar-refractivity contribution >= 4 is 33.9 Å². The predicted molar refractivity (Wildman–Crippen MR) is 70.3 cm³/mol. The molecule has 82 valence electrons. The lowest BCUT2D eigenvalue weighted by Crippen LogP contribution is -2.09. The fourth-order valence-electron chi connectivity index (χ4n) is 1.89. The number of aliphatic hydroxyl groups is 1. The fraction of sp³-hybridized carbons (Fsp3) is 0.167. The normalized spacial score (nSPS) is 23.6. The van der Waals surface area contributed by atoms with E-state index in [0.717, 1.165) is 4.48 Å². The molecule has 1 unspecified atom stereocenters. The second-order valence-electron chi connectivity index (χ2n) is 3.79. The first-order chi connectivity index (χ1) is 7.74. The van der Waals surface area contributed by atoms with Gasteiger partial charge in [0, 0.05) is 28.2 Å². The Morgan fingerprint density at radius 1 is 1.50 bits per heavy atom. The van der Waals surface area contributed by atoms with E-state index >= 15 is 0 Å². The molecule has 2 aliphatic rings. The van der Waals surface area contributed by atoms with Crippen LogP contribution in [-0.4, -0.2) is 15.8 Å². The van der Waals surface area contributed by atoms with E-state index in [1.54, 1.807) is 11.8 Å². The van der Waals surface area contributed by atoms with Gasteiger partial charge >= 0.3 is 0 Å². The van der Waals surface area contributed by atoms with E-state index in [2.05, 4.69) is 38.8 Å². The first kappa shape index (κ1) is 10.4. The molecule has 4 heteroatoms. The van der Waals surface area contributed by atoms with Crippen LogP contribution in [0.25, 0.3) is 6.20 Å². The molecular weight excluding hydrogens is 286 g/mol. The van der Waals surface area contributed by atoms with Crippen molar-refractivity contribution in [1.82, 2.24) is 4.57 Å². The highest BCUT2D eigenvalue weighted by Gasteiger charge is 2.21. The summed E-state index contributed by atoms with van der Waals surface area (Å²) >= 11 is 5.23. The van der Waals surface area contributed by atoms with Gasteiger partial charge in [0.1, 0.15) is 0 Å². The molecule has 1 aromatic rings. The zero-order chi connectivity index (χ0) is 11.1. The third-order valence-corrected chi connectivity index (χ3v) is 4.54. The van der Waals surface area contributed by atoms with E-state index < -0.39 is 0 Å². The molecular formula is C12H10BrNOS. The molecule has 1 N–H and O–H groups in total. The Hall–Kier alpha value is -0.710. The van der Waals surface area contributed by atoms with Crippen LogP contribution in [0.4, 0.5) is 0 Å². The van der Waals surface area contributed by atoms with Gasteiger partial charge in [-0.25, -0.2) is 0 Å². The second kappa shape index (κ2) is 3.95. The molecule has 0 spiro atoms. The number of thioether (sulfide) groups is 1. The molecule has 1 atom stereocenters. The minimum absolute atomic E-state index is 0.379. The number of hydrogen-bond acceptors (Lipinski definition) is 2. The van der Waals surface area contributed by atoms with Crippen LogP contribution in [0.15, 0.2) is 50.5 Å².